The van der Waals surface area contributed by atoms with Gasteiger partial charge in [0.2, 0.25) is 0 Å². The Morgan fingerprint density at radius 1 is 1.58 bits per heavy atom. The minimum Gasteiger partial charge on any atom is -0.329 e. The molecule has 0 spiro atoms. The second-order valence-corrected chi connectivity index (χ2v) is 3.69. The monoisotopic (exact) mass is 167 g/mol. The molecular formula is C10H17NO. The fourth-order valence-electron chi connectivity index (χ4n) is 1.29. The molecule has 0 atom stereocenters. The third kappa shape index (κ3) is 1.75. The van der Waals surface area contributed by atoms with E-state index in [-0.39, 0.29) is 5.41 Å². The fraction of sp³-hybridized carbons (Fsp3) is 0.700. The van der Waals surface area contributed by atoms with Crippen molar-refractivity contribution in [2.75, 3.05) is 6.54 Å². The van der Waals surface area contributed by atoms with Gasteiger partial charge >= 0.3 is 0 Å². The van der Waals surface area contributed by atoms with E-state index in [4.69, 9.17) is 5.73 Å². The van der Waals surface area contributed by atoms with Crippen LogP contribution in [0.15, 0.2) is 12.2 Å². The van der Waals surface area contributed by atoms with Crippen LogP contribution < -0.4 is 5.73 Å². The molecule has 0 bridgehead atoms. The van der Waals surface area contributed by atoms with Crippen molar-refractivity contribution >= 4 is 5.78 Å². The van der Waals surface area contributed by atoms with Crippen LogP contribution in [-0.2, 0) is 4.79 Å². The van der Waals surface area contributed by atoms with Crippen molar-refractivity contribution in [3.63, 3.8) is 0 Å². The minimum absolute atomic E-state index is 0.141. The standard InChI is InChI=1S/C10H17NO/c1-3-8(2)6-9(12)10(7-11)4-5-10/h2-7,11H2,1H3. The number of hydrogen-bond donors (Lipinski definition) is 1. The molecule has 1 saturated carbocycles. The number of nitrogens with two attached hydrogens (primary N) is 1. The van der Waals surface area contributed by atoms with Gasteiger partial charge in [-0.05, 0) is 19.3 Å². The molecule has 0 radical (unpaired) electrons. The van der Waals surface area contributed by atoms with E-state index in [1.165, 1.54) is 0 Å². The van der Waals surface area contributed by atoms with Gasteiger partial charge < -0.3 is 5.73 Å². The summed E-state index contributed by atoms with van der Waals surface area (Å²) < 4.78 is 0. The third-order valence-corrected chi connectivity index (χ3v) is 2.75. The van der Waals surface area contributed by atoms with E-state index in [1.54, 1.807) is 0 Å². The van der Waals surface area contributed by atoms with E-state index < -0.39 is 0 Å². The lowest BCUT2D eigenvalue weighted by Gasteiger charge is -2.10. The van der Waals surface area contributed by atoms with Gasteiger partial charge in [-0.15, -0.1) is 0 Å². The van der Waals surface area contributed by atoms with Gasteiger partial charge in [-0.25, -0.2) is 0 Å². The summed E-state index contributed by atoms with van der Waals surface area (Å²) in [5, 5.41) is 0. The van der Waals surface area contributed by atoms with Crippen molar-refractivity contribution in [1.29, 1.82) is 0 Å². The predicted octanol–water partition coefficient (Wildman–Crippen LogP) is 1.65. The number of carbonyl (C=O) groups excluding carboxylic acids is 1. The van der Waals surface area contributed by atoms with Crippen molar-refractivity contribution < 1.29 is 4.79 Å². The van der Waals surface area contributed by atoms with Crippen LogP contribution in [0.3, 0.4) is 0 Å². The number of carbonyl (C=O) groups is 1. The average molecular weight is 167 g/mol. The lowest BCUT2D eigenvalue weighted by atomic mass is 9.95. The van der Waals surface area contributed by atoms with E-state index in [0.717, 1.165) is 24.8 Å². The van der Waals surface area contributed by atoms with Gasteiger partial charge in [0, 0.05) is 18.4 Å². The smallest absolute Gasteiger partial charge is 0.144 e. The molecule has 0 aromatic carbocycles. The maximum absolute atomic E-state index is 11.6. The number of allylic oxidation sites excluding steroid dienone is 1. The molecule has 0 amide bonds. The van der Waals surface area contributed by atoms with Gasteiger partial charge in [0.15, 0.2) is 0 Å². The Kier molecular flexibility index (Phi) is 2.68. The van der Waals surface area contributed by atoms with Crippen LogP contribution >= 0.6 is 0 Å². The second-order valence-electron chi connectivity index (χ2n) is 3.69. The van der Waals surface area contributed by atoms with Gasteiger partial charge in [-0.3, -0.25) is 4.79 Å². The SMILES string of the molecule is C=C(CC)CC(=O)C1(CN)CC1. The third-order valence-electron chi connectivity index (χ3n) is 2.75. The Balaban J connectivity index is 2.43. The molecule has 0 aliphatic heterocycles. The summed E-state index contributed by atoms with van der Waals surface area (Å²) in [6.45, 7) is 6.37. The normalized spacial score (nSPS) is 18.8. The first-order valence-corrected chi connectivity index (χ1v) is 4.54. The van der Waals surface area contributed by atoms with E-state index in [9.17, 15) is 4.79 Å². The molecule has 1 rings (SSSR count). The first-order chi connectivity index (χ1) is 5.64. The Morgan fingerprint density at radius 3 is 2.50 bits per heavy atom. The number of hydrogen-bond acceptors (Lipinski definition) is 2. The largest absolute Gasteiger partial charge is 0.329 e. The summed E-state index contributed by atoms with van der Waals surface area (Å²) in [4.78, 5) is 11.6. The van der Waals surface area contributed by atoms with Gasteiger partial charge in [0.05, 0.1) is 0 Å². The van der Waals surface area contributed by atoms with Crippen LogP contribution in [0.2, 0.25) is 0 Å². The van der Waals surface area contributed by atoms with Gasteiger partial charge in [0.25, 0.3) is 0 Å². The maximum atomic E-state index is 11.6. The van der Waals surface area contributed by atoms with E-state index in [1.807, 2.05) is 6.92 Å². The molecule has 2 heteroatoms. The zero-order chi connectivity index (χ0) is 9.19. The summed E-state index contributed by atoms with van der Waals surface area (Å²) >= 11 is 0. The highest BCUT2D eigenvalue weighted by atomic mass is 16.1. The molecule has 68 valence electrons. The Bertz CT molecular complexity index is 204. The molecule has 1 aliphatic carbocycles. The predicted molar refractivity (Wildman–Crippen MR) is 49.8 cm³/mol. The molecule has 0 saturated heterocycles. The first kappa shape index (κ1) is 9.46. The Morgan fingerprint density at radius 2 is 2.17 bits per heavy atom. The highest BCUT2D eigenvalue weighted by Crippen LogP contribution is 2.46. The van der Waals surface area contributed by atoms with Crippen molar-refractivity contribution in [2.45, 2.75) is 32.6 Å². The lowest BCUT2D eigenvalue weighted by molar-refractivity contribution is -0.123. The molecule has 2 N–H and O–H groups in total. The summed E-state index contributed by atoms with van der Waals surface area (Å²) in [5.74, 6) is 0.303. The van der Waals surface area contributed by atoms with Crippen molar-refractivity contribution in [3.8, 4) is 0 Å². The Hall–Kier alpha value is -0.630. The molecule has 1 fully saturated rings. The molecule has 1 aliphatic rings. The number of ketones is 1. The molecule has 2 nitrogen and oxygen atoms in total. The van der Waals surface area contributed by atoms with Gasteiger partial charge in [0.1, 0.15) is 5.78 Å². The van der Waals surface area contributed by atoms with E-state index in [2.05, 4.69) is 6.58 Å². The maximum Gasteiger partial charge on any atom is 0.144 e. The summed E-state index contributed by atoms with van der Waals surface area (Å²) in [7, 11) is 0. The van der Waals surface area contributed by atoms with Crippen LogP contribution in [0.1, 0.15) is 32.6 Å². The van der Waals surface area contributed by atoms with Crippen LogP contribution in [0.5, 0.6) is 0 Å². The summed E-state index contributed by atoms with van der Waals surface area (Å²) in [6, 6.07) is 0. The van der Waals surface area contributed by atoms with E-state index in [0.29, 0.717) is 18.7 Å². The molecule has 0 heterocycles. The van der Waals surface area contributed by atoms with Crippen LogP contribution in [-0.4, -0.2) is 12.3 Å². The molecular weight excluding hydrogens is 150 g/mol. The number of rotatable bonds is 5. The molecule has 0 aromatic heterocycles. The van der Waals surface area contributed by atoms with Gasteiger partial charge in [-0.1, -0.05) is 19.1 Å². The van der Waals surface area contributed by atoms with Crippen LogP contribution in [0.25, 0.3) is 0 Å². The zero-order valence-electron chi connectivity index (χ0n) is 7.73. The van der Waals surface area contributed by atoms with Crippen LogP contribution in [0, 0.1) is 5.41 Å². The quantitative estimate of drug-likeness (QED) is 0.633. The fourth-order valence-corrected chi connectivity index (χ4v) is 1.29. The topological polar surface area (TPSA) is 43.1 Å². The minimum atomic E-state index is -0.141. The zero-order valence-corrected chi connectivity index (χ0v) is 7.73. The molecule has 0 unspecified atom stereocenters. The Labute approximate surface area is 73.8 Å². The van der Waals surface area contributed by atoms with Crippen molar-refractivity contribution in [1.82, 2.24) is 0 Å². The summed E-state index contributed by atoms with van der Waals surface area (Å²) in [6.07, 6.45) is 3.40. The second kappa shape index (κ2) is 3.40. The lowest BCUT2D eigenvalue weighted by Crippen LogP contribution is -2.25. The van der Waals surface area contributed by atoms with Crippen molar-refractivity contribution in [2.24, 2.45) is 11.1 Å². The molecule has 12 heavy (non-hydrogen) atoms. The highest BCUT2D eigenvalue weighted by molar-refractivity contribution is 5.89. The van der Waals surface area contributed by atoms with Crippen molar-refractivity contribution in [3.05, 3.63) is 12.2 Å². The molecule has 0 aromatic rings. The highest BCUT2D eigenvalue weighted by Gasteiger charge is 2.47. The summed E-state index contributed by atoms with van der Waals surface area (Å²) in [5.41, 5.74) is 6.42. The number of Topliss-reactive ketones (excluding diaryl/α,β-unsaturated/α-hetero) is 1. The first-order valence-electron chi connectivity index (χ1n) is 4.54. The van der Waals surface area contributed by atoms with E-state index >= 15 is 0 Å². The van der Waals surface area contributed by atoms with Crippen LogP contribution in [0.4, 0.5) is 0 Å². The van der Waals surface area contributed by atoms with Gasteiger partial charge in [-0.2, -0.15) is 0 Å². The average Bonchev–Trinajstić information content (AvgIpc) is 2.84.